The Morgan fingerprint density at radius 2 is 1.79 bits per heavy atom. The number of ether oxygens (including phenoxy) is 1. The van der Waals surface area contributed by atoms with E-state index in [-0.39, 0.29) is 29.4 Å². The summed E-state index contributed by atoms with van der Waals surface area (Å²) in [6.07, 6.45) is 8.48. The lowest BCUT2D eigenvalue weighted by Crippen LogP contribution is -2.62. The van der Waals surface area contributed by atoms with Crippen molar-refractivity contribution in [1.82, 2.24) is 10.2 Å². The number of esters is 1. The molecule has 0 aromatic heterocycles. The summed E-state index contributed by atoms with van der Waals surface area (Å²) in [4.78, 5) is 37.6. The fourth-order valence-corrected chi connectivity index (χ4v) is 7.79. The Labute approximate surface area is 174 Å². The number of amides is 2. The van der Waals surface area contributed by atoms with Crippen LogP contribution in [0.15, 0.2) is 0 Å². The van der Waals surface area contributed by atoms with Crippen LogP contribution in [-0.4, -0.2) is 48.4 Å². The molecule has 6 nitrogen and oxygen atoms in total. The summed E-state index contributed by atoms with van der Waals surface area (Å²) in [5.74, 6) is 1.69. The highest BCUT2D eigenvalue weighted by Gasteiger charge is 2.61. The first kappa shape index (κ1) is 20.7. The molecule has 0 spiro atoms. The van der Waals surface area contributed by atoms with E-state index in [1.165, 1.54) is 19.8 Å². The Morgan fingerprint density at radius 1 is 1.07 bits per heavy atom. The fraction of sp³-hybridized carbons (Fsp3) is 0.870. The van der Waals surface area contributed by atoms with Gasteiger partial charge in [-0.1, -0.05) is 13.8 Å². The number of fused-ring (bicyclic) bond motifs is 5. The molecule has 1 N–H and O–H groups in total. The average molecular weight is 405 g/mol. The van der Waals surface area contributed by atoms with Gasteiger partial charge in [-0.15, -0.1) is 0 Å². The number of nitrogens with one attached hydrogen (secondary N) is 1. The maximum absolute atomic E-state index is 12.3. The summed E-state index contributed by atoms with van der Waals surface area (Å²) >= 11 is 0. The molecular formula is C23H36N2O4. The van der Waals surface area contributed by atoms with Crippen LogP contribution in [0.25, 0.3) is 0 Å². The molecule has 0 radical (unpaired) electrons. The number of likely N-dealkylation sites (tertiary alicyclic amines) is 1. The van der Waals surface area contributed by atoms with Gasteiger partial charge >= 0.3 is 5.97 Å². The molecule has 4 fully saturated rings. The lowest BCUT2D eigenvalue weighted by Gasteiger charge is -2.61. The zero-order valence-electron chi connectivity index (χ0n) is 18.3. The van der Waals surface area contributed by atoms with Crippen LogP contribution in [0.2, 0.25) is 0 Å². The van der Waals surface area contributed by atoms with E-state index in [1.807, 2.05) is 11.9 Å². The van der Waals surface area contributed by atoms with Crippen LogP contribution in [0, 0.1) is 28.6 Å². The van der Waals surface area contributed by atoms with Crippen molar-refractivity contribution < 1.29 is 19.1 Å². The Bertz CT molecular complexity index is 709. The molecule has 0 bridgehead atoms. The molecule has 6 heteroatoms. The Kier molecular flexibility index (Phi) is 5.19. The van der Waals surface area contributed by atoms with Crippen LogP contribution in [0.5, 0.6) is 0 Å². The molecule has 162 valence electrons. The minimum absolute atomic E-state index is 0.118. The molecule has 3 aliphatic carbocycles. The van der Waals surface area contributed by atoms with E-state index < -0.39 is 5.97 Å². The number of rotatable bonds is 3. The van der Waals surface area contributed by atoms with E-state index in [0.29, 0.717) is 36.1 Å². The van der Waals surface area contributed by atoms with Gasteiger partial charge in [0.1, 0.15) is 0 Å². The van der Waals surface area contributed by atoms with Crippen LogP contribution in [0.4, 0.5) is 0 Å². The summed E-state index contributed by atoms with van der Waals surface area (Å²) in [5.41, 5.74) is 0.343. The van der Waals surface area contributed by atoms with Crippen LogP contribution in [0.3, 0.4) is 0 Å². The molecule has 1 heterocycles. The SMILES string of the molecule is CC(=O)OCC(=O)NC1CC[C@H]2[C@@H]3CCC4N(C)C(=O)CC[C@]4(C)[C@@H]3CC[C@]12C. The number of piperidine rings is 1. The molecule has 7 atom stereocenters. The van der Waals surface area contributed by atoms with E-state index in [0.717, 1.165) is 32.1 Å². The number of carbonyl (C=O) groups excluding carboxylic acids is 3. The van der Waals surface area contributed by atoms with Crippen LogP contribution < -0.4 is 5.32 Å². The van der Waals surface area contributed by atoms with Gasteiger partial charge in [-0.05, 0) is 73.5 Å². The van der Waals surface area contributed by atoms with Crippen molar-refractivity contribution in [3.8, 4) is 0 Å². The first-order chi connectivity index (χ1) is 13.7. The standard InChI is InChI=1S/C23H36N2O4/c1-14(26)29-13-20(27)24-18-7-6-16-15-5-8-19-23(3,12-10-21(28)25(19)4)17(15)9-11-22(16,18)2/h15-19H,5-13H2,1-4H3,(H,24,27)/t15-,16-,17+,18?,19?,22-,23+/m0/s1. The molecule has 4 rings (SSSR count). The van der Waals surface area contributed by atoms with E-state index in [2.05, 4.69) is 19.2 Å². The van der Waals surface area contributed by atoms with Crippen LogP contribution in [-0.2, 0) is 19.1 Å². The maximum Gasteiger partial charge on any atom is 0.303 e. The predicted molar refractivity (Wildman–Crippen MR) is 109 cm³/mol. The third kappa shape index (κ3) is 3.27. The molecule has 0 aromatic carbocycles. The van der Waals surface area contributed by atoms with E-state index >= 15 is 0 Å². The largest absolute Gasteiger partial charge is 0.456 e. The van der Waals surface area contributed by atoms with Gasteiger partial charge in [0.15, 0.2) is 6.61 Å². The van der Waals surface area contributed by atoms with Gasteiger partial charge in [0, 0.05) is 32.5 Å². The fourth-order valence-electron chi connectivity index (χ4n) is 7.79. The Morgan fingerprint density at radius 3 is 2.52 bits per heavy atom. The van der Waals surface area contributed by atoms with Crippen molar-refractivity contribution in [2.45, 2.75) is 84.2 Å². The second-order valence-electron chi connectivity index (χ2n) is 10.5. The first-order valence-electron chi connectivity index (χ1n) is 11.3. The van der Waals surface area contributed by atoms with Gasteiger partial charge in [-0.3, -0.25) is 14.4 Å². The number of hydrogen-bond donors (Lipinski definition) is 1. The highest BCUT2D eigenvalue weighted by Crippen LogP contribution is 2.64. The quantitative estimate of drug-likeness (QED) is 0.734. The van der Waals surface area contributed by atoms with Crippen LogP contribution >= 0.6 is 0 Å². The van der Waals surface area contributed by atoms with Crippen molar-refractivity contribution in [2.24, 2.45) is 28.6 Å². The van der Waals surface area contributed by atoms with E-state index in [9.17, 15) is 14.4 Å². The number of carbonyl (C=O) groups is 3. The molecule has 3 saturated carbocycles. The number of hydrogen-bond acceptors (Lipinski definition) is 4. The highest BCUT2D eigenvalue weighted by atomic mass is 16.5. The Hall–Kier alpha value is -1.59. The molecule has 0 aromatic rings. The van der Waals surface area contributed by atoms with Crippen molar-refractivity contribution in [2.75, 3.05) is 13.7 Å². The third-order valence-electron chi connectivity index (χ3n) is 9.30. The molecule has 29 heavy (non-hydrogen) atoms. The lowest BCUT2D eigenvalue weighted by molar-refractivity contribution is -0.158. The third-order valence-corrected chi connectivity index (χ3v) is 9.30. The predicted octanol–water partition coefficient (Wildman–Crippen LogP) is 2.90. The summed E-state index contributed by atoms with van der Waals surface area (Å²) in [7, 11) is 2.00. The monoisotopic (exact) mass is 404 g/mol. The van der Waals surface area contributed by atoms with E-state index in [1.54, 1.807) is 0 Å². The molecule has 1 saturated heterocycles. The van der Waals surface area contributed by atoms with Gasteiger partial charge in [-0.2, -0.15) is 0 Å². The number of nitrogens with zero attached hydrogens (tertiary/aromatic N) is 1. The van der Waals surface area contributed by atoms with Gasteiger partial charge in [-0.25, -0.2) is 0 Å². The summed E-state index contributed by atoms with van der Waals surface area (Å²) in [6, 6.07) is 0.549. The minimum Gasteiger partial charge on any atom is -0.456 e. The zero-order chi connectivity index (χ0) is 21.0. The van der Waals surface area contributed by atoms with Crippen molar-refractivity contribution in [3.05, 3.63) is 0 Å². The molecule has 4 aliphatic rings. The molecule has 1 aliphatic heterocycles. The first-order valence-corrected chi connectivity index (χ1v) is 11.3. The topological polar surface area (TPSA) is 75.7 Å². The summed E-state index contributed by atoms with van der Waals surface area (Å²) < 4.78 is 4.88. The van der Waals surface area contributed by atoms with Crippen LogP contribution in [0.1, 0.15) is 72.1 Å². The summed E-state index contributed by atoms with van der Waals surface area (Å²) in [6.45, 7) is 5.95. The van der Waals surface area contributed by atoms with Gasteiger partial charge < -0.3 is 15.0 Å². The van der Waals surface area contributed by atoms with Gasteiger partial charge in [0.05, 0.1) is 0 Å². The van der Waals surface area contributed by atoms with Crippen molar-refractivity contribution >= 4 is 17.8 Å². The normalized spacial score (nSPS) is 43.8. The second kappa shape index (κ2) is 7.28. The second-order valence-corrected chi connectivity index (χ2v) is 10.5. The smallest absolute Gasteiger partial charge is 0.303 e. The lowest BCUT2D eigenvalue weighted by atomic mass is 9.47. The van der Waals surface area contributed by atoms with Crippen molar-refractivity contribution in [3.63, 3.8) is 0 Å². The highest BCUT2D eigenvalue weighted by molar-refractivity contribution is 5.80. The van der Waals surface area contributed by atoms with E-state index in [4.69, 9.17) is 4.74 Å². The maximum atomic E-state index is 12.3. The minimum atomic E-state index is -0.419. The van der Waals surface area contributed by atoms with Gasteiger partial charge in [0.25, 0.3) is 5.91 Å². The average Bonchev–Trinajstić information content (AvgIpc) is 3.00. The van der Waals surface area contributed by atoms with Gasteiger partial charge in [0.2, 0.25) is 5.91 Å². The van der Waals surface area contributed by atoms with Crippen molar-refractivity contribution in [1.29, 1.82) is 0 Å². The molecule has 2 amide bonds. The Balaban J connectivity index is 1.48. The zero-order valence-corrected chi connectivity index (χ0v) is 18.3. The molecule has 2 unspecified atom stereocenters. The summed E-state index contributed by atoms with van der Waals surface area (Å²) in [5, 5.41) is 3.18. The molecular weight excluding hydrogens is 368 g/mol.